The monoisotopic (exact) mass is 398 g/mol. The average molecular weight is 399 g/mol. The van der Waals surface area contributed by atoms with Gasteiger partial charge in [0.2, 0.25) is 0 Å². The highest BCUT2D eigenvalue weighted by Gasteiger charge is 2.16. The zero-order valence-corrected chi connectivity index (χ0v) is 15.4. The molecule has 2 aromatic heterocycles. The summed E-state index contributed by atoms with van der Waals surface area (Å²) in [5, 5.41) is 6.29. The summed E-state index contributed by atoms with van der Waals surface area (Å²) < 4.78 is 3.17. The first kappa shape index (κ1) is 15.4. The van der Waals surface area contributed by atoms with Crippen LogP contribution in [0.1, 0.15) is 17.9 Å². The van der Waals surface area contributed by atoms with Gasteiger partial charge in [-0.25, -0.2) is 9.97 Å². The molecule has 0 saturated carbocycles. The van der Waals surface area contributed by atoms with Crippen molar-refractivity contribution in [2.24, 2.45) is 0 Å². The molecule has 1 aromatic carbocycles. The molecule has 0 radical (unpaired) electrons. The van der Waals surface area contributed by atoms with Crippen LogP contribution in [0.3, 0.4) is 0 Å². The third kappa shape index (κ3) is 2.95. The first-order chi connectivity index (χ1) is 11.7. The minimum atomic E-state index is 0.871. The Morgan fingerprint density at radius 2 is 2.00 bits per heavy atom. The minimum Gasteiger partial charge on any atom is -0.332 e. The molecule has 1 aliphatic heterocycles. The SMILES string of the molecule is Cc1nc2n(c1-c1csc(Nc3ccc(Br)cc3)n1)C=CCC=C2. The second-order valence-corrected chi connectivity index (χ2v) is 7.24. The predicted octanol–water partition coefficient (Wildman–Crippen LogP) is 5.71. The Bertz CT molecular complexity index is 935. The maximum Gasteiger partial charge on any atom is 0.187 e. The lowest BCUT2D eigenvalue weighted by atomic mass is 10.3. The van der Waals surface area contributed by atoms with Gasteiger partial charge in [-0.2, -0.15) is 0 Å². The summed E-state index contributed by atoms with van der Waals surface area (Å²) in [7, 11) is 0. The van der Waals surface area contributed by atoms with E-state index in [4.69, 9.17) is 4.98 Å². The third-order valence-electron chi connectivity index (χ3n) is 3.75. The van der Waals surface area contributed by atoms with Crippen LogP contribution in [0.2, 0.25) is 0 Å². The summed E-state index contributed by atoms with van der Waals surface area (Å²) in [4.78, 5) is 9.40. The Kier molecular flexibility index (Phi) is 4.08. The van der Waals surface area contributed by atoms with Crippen molar-refractivity contribution < 1.29 is 0 Å². The van der Waals surface area contributed by atoms with Gasteiger partial charge in [-0.1, -0.05) is 28.1 Å². The van der Waals surface area contributed by atoms with E-state index in [1.54, 1.807) is 11.3 Å². The van der Waals surface area contributed by atoms with E-state index in [1.165, 1.54) is 0 Å². The predicted molar refractivity (Wildman–Crippen MR) is 104 cm³/mol. The smallest absolute Gasteiger partial charge is 0.187 e. The van der Waals surface area contributed by atoms with Gasteiger partial charge < -0.3 is 5.32 Å². The zero-order valence-electron chi connectivity index (χ0n) is 13.0. The van der Waals surface area contributed by atoms with Crippen LogP contribution in [0.5, 0.6) is 0 Å². The number of imidazole rings is 1. The summed E-state index contributed by atoms with van der Waals surface area (Å²) in [6.45, 7) is 2.03. The van der Waals surface area contributed by atoms with Crippen molar-refractivity contribution in [2.75, 3.05) is 5.32 Å². The van der Waals surface area contributed by atoms with Crippen LogP contribution in [0.15, 0.2) is 46.3 Å². The molecule has 0 amide bonds. The number of anilines is 2. The van der Waals surface area contributed by atoms with Crippen LogP contribution in [0.25, 0.3) is 23.7 Å². The van der Waals surface area contributed by atoms with Crippen molar-refractivity contribution >= 4 is 50.4 Å². The largest absolute Gasteiger partial charge is 0.332 e. The lowest BCUT2D eigenvalue weighted by Crippen LogP contribution is -1.94. The molecule has 0 saturated heterocycles. The summed E-state index contributed by atoms with van der Waals surface area (Å²) in [6, 6.07) is 8.06. The molecule has 0 atom stereocenters. The zero-order chi connectivity index (χ0) is 16.5. The maximum atomic E-state index is 4.75. The Labute approximate surface area is 152 Å². The molecule has 3 heterocycles. The Morgan fingerprint density at radius 1 is 1.17 bits per heavy atom. The first-order valence-corrected chi connectivity index (χ1v) is 9.28. The van der Waals surface area contributed by atoms with Gasteiger partial charge in [0.25, 0.3) is 0 Å². The number of hydrogen-bond donors (Lipinski definition) is 1. The average Bonchev–Trinajstić information content (AvgIpc) is 3.06. The normalized spacial score (nSPS) is 12.9. The van der Waals surface area contributed by atoms with Crippen molar-refractivity contribution in [3.05, 3.63) is 57.8 Å². The number of nitrogens with one attached hydrogen (secondary N) is 1. The molecule has 6 heteroatoms. The summed E-state index contributed by atoms with van der Waals surface area (Å²) in [5.41, 5.74) is 4.00. The van der Waals surface area contributed by atoms with Crippen LogP contribution in [0.4, 0.5) is 10.8 Å². The molecule has 0 aliphatic carbocycles. The molecule has 1 N–H and O–H groups in total. The number of nitrogens with zero attached hydrogens (tertiary/aromatic N) is 3. The maximum absolute atomic E-state index is 4.75. The van der Waals surface area contributed by atoms with Gasteiger partial charge >= 0.3 is 0 Å². The number of aryl methyl sites for hydroxylation is 1. The Hall–Kier alpha value is -2.18. The number of allylic oxidation sites excluding steroid dienone is 2. The fraction of sp³-hybridized carbons (Fsp3) is 0.111. The lowest BCUT2D eigenvalue weighted by Gasteiger charge is -2.04. The van der Waals surface area contributed by atoms with Crippen LogP contribution in [0, 0.1) is 6.92 Å². The highest BCUT2D eigenvalue weighted by Crippen LogP contribution is 2.31. The lowest BCUT2D eigenvalue weighted by molar-refractivity contribution is 1.10. The number of fused-ring (bicyclic) bond motifs is 1. The van der Waals surface area contributed by atoms with Gasteiger partial charge in [0, 0.05) is 21.7 Å². The van der Waals surface area contributed by atoms with Crippen LogP contribution in [-0.4, -0.2) is 14.5 Å². The van der Waals surface area contributed by atoms with E-state index in [-0.39, 0.29) is 0 Å². The summed E-state index contributed by atoms with van der Waals surface area (Å²) in [6.07, 6.45) is 9.31. The molecule has 120 valence electrons. The van der Waals surface area contributed by atoms with Gasteiger partial charge in [-0.3, -0.25) is 4.57 Å². The van der Waals surface area contributed by atoms with E-state index in [9.17, 15) is 0 Å². The molecule has 4 nitrogen and oxygen atoms in total. The minimum absolute atomic E-state index is 0.871. The second kappa shape index (κ2) is 6.37. The molecule has 0 fully saturated rings. The van der Waals surface area contributed by atoms with Gasteiger partial charge in [0.05, 0.1) is 11.4 Å². The van der Waals surface area contributed by atoms with Gasteiger partial charge in [0.1, 0.15) is 11.5 Å². The van der Waals surface area contributed by atoms with E-state index in [0.717, 1.165) is 44.6 Å². The highest BCUT2D eigenvalue weighted by molar-refractivity contribution is 9.10. The van der Waals surface area contributed by atoms with Crippen molar-refractivity contribution in [3.63, 3.8) is 0 Å². The molecule has 4 rings (SSSR count). The van der Waals surface area contributed by atoms with Crippen LogP contribution in [-0.2, 0) is 0 Å². The van der Waals surface area contributed by atoms with Gasteiger partial charge in [-0.15, -0.1) is 11.3 Å². The fourth-order valence-corrected chi connectivity index (χ4v) is 3.64. The standard InChI is InChI=1S/C18H15BrN4S/c1-12-17(23-10-4-2-3-5-16(23)20-12)15-11-24-18(22-15)21-14-8-6-13(19)7-9-14/h3-11H,2H2,1H3,(H,21,22). The highest BCUT2D eigenvalue weighted by atomic mass is 79.9. The molecule has 0 bridgehead atoms. The van der Waals surface area contributed by atoms with Crippen molar-refractivity contribution in [1.29, 1.82) is 0 Å². The number of thiazole rings is 1. The molecular weight excluding hydrogens is 384 g/mol. The third-order valence-corrected chi connectivity index (χ3v) is 5.03. The van der Waals surface area contributed by atoms with E-state index >= 15 is 0 Å². The van der Waals surface area contributed by atoms with E-state index in [1.807, 2.05) is 31.2 Å². The van der Waals surface area contributed by atoms with E-state index < -0.39 is 0 Å². The molecule has 3 aromatic rings. The topological polar surface area (TPSA) is 42.7 Å². The molecule has 0 unspecified atom stereocenters. The number of rotatable bonds is 3. The van der Waals surface area contributed by atoms with Crippen molar-refractivity contribution in [3.8, 4) is 11.4 Å². The van der Waals surface area contributed by atoms with Crippen molar-refractivity contribution in [1.82, 2.24) is 14.5 Å². The summed E-state index contributed by atoms with van der Waals surface area (Å²) >= 11 is 5.04. The van der Waals surface area contributed by atoms with Crippen molar-refractivity contribution in [2.45, 2.75) is 13.3 Å². The number of aromatic nitrogens is 3. The van der Waals surface area contributed by atoms with Crippen LogP contribution < -0.4 is 5.32 Å². The second-order valence-electron chi connectivity index (χ2n) is 5.47. The molecular formula is C18H15BrN4S. The van der Waals surface area contributed by atoms with E-state index in [0.29, 0.717) is 0 Å². The molecule has 0 spiro atoms. The van der Waals surface area contributed by atoms with Crippen LogP contribution >= 0.6 is 27.3 Å². The molecule has 24 heavy (non-hydrogen) atoms. The first-order valence-electron chi connectivity index (χ1n) is 7.61. The fourth-order valence-electron chi connectivity index (χ4n) is 2.66. The Morgan fingerprint density at radius 3 is 2.83 bits per heavy atom. The number of hydrogen-bond acceptors (Lipinski definition) is 4. The Balaban J connectivity index is 1.67. The quantitative estimate of drug-likeness (QED) is 0.614. The van der Waals surface area contributed by atoms with Gasteiger partial charge in [0.15, 0.2) is 5.13 Å². The van der Waals surface area contributed by atoms with Gasteiger partial charge in [-0.05, 0) is 43.7 Å². The van der Waals surface area contributed by atoms with E-state index in [2.05, 4.69) is 60.6 Å². The number of halogens is 1. The molecule has 1 aliphatic rings. The number of benzene rings is 1. The summed E-state index contributed by atoms with van der Waals surface area (Å²) in [5.74, 6) is 0.951.